The van der Waals surface area contributed by atoms with Gasteiger partial charge in [-0.25, -0.2) is 9.97 Å². The molecule has 0 spiro atoms. The van der Waals surface area contributed by atoms with E-state index >= 15 is 0 Å². The maximum absolute atomic E-state index is 12.4. The Morgan fingerprint density at radius 2 is 1.96 bits per heavy atom. The number of halogens is 1. The van der Waals surface area contributed by atoms with Crippen LogP contribution < -0.4 is 15.4 Å². The molecule has 7 heteroatoms. The number of amides is 1. The van der Waals surface area contributed by atoms with Gasteiger partial charge in [0.15, 0.2) is 0 Å². The molecule has 1 heterocycles. The van der Waals surface area contributed by atoms with E-state index in [0.29, 0.717) is 16.6 Å². The summed E-state index contributed by atoms with van der Waals surface area (Å²) in [4.78, 5) is 20.8. The number of anilines is 3. The molecular formula is C20H19ClN4O2. The third kappa shape index (κ3) is 4.54. The lowest BCUT2D eigenvalue weighted by atomic mass is 10.1. The van der Waals surface area contributed by atoms with Gasteiger partial charge in [-0.1, -0.05) is 36.7 Å². The Labute approximate surface area is 162 Å². The van der Waals surface area contributed by atoms with Crippen molar-refractivity contribution < 1.29 is 9.53 Å². The predicted molar refractivity (Wildman–Crippen MR) is 107 cm³/mol. The number of nitrogens with one attached hydrogen (secondary N) is 2. The first kappa shape index (κ1) is 18.7. The van der Waals surface area contributed by atoms with Crippen molar-refractivity contribution in [2.45, 2.75) is 13.3 Å². The van der Waals surface area contributed by atoms with Gasteiger partial charge in [0.25, 0.3) is 5.91 Å². The predicted octanol–water partition coefficient (Wildman–Crippen LogP) is 4.70. The van der Waals surface area contributed by atoms with Crippen LogP contribution in [-0.4, -0.2) is 23.0 Å². The molecule has 0 unspecified atom stereocenters. The highest BCUT2D eigenvalue weighted by Gasteiger charge is 2.11. The second kappa shape index (κ2) is 8.51. The topological polar surface area (TPSA) is 76.1 Å². The maximum atomic E-state index is 12.4. The molecule has 0 saturated carbocycles. The Morgan fingerprint density at radius 3 is 2.63 bits per heavy atom. The smallest absolute Gasteiger partial charge is 0.275 e. The van der Waals surface area contributed by atoms with Crippen LogP contribution in [0.25, 0.3) is 0 Å². The minimum atomic E-state index is -0.303. The van der Waals surface area contributed by atoms with Crippen LogP contribution in [-0.2, 0) is 6.42 Å². The van der Waals surface area contributed by atoms with Crippen LogP contribution >= 0.6 is 11.6 Å². The van der Waals surface area contributed by atoms with Crippen LogP contribution in [0.3, 0.4) is 0 Å². The van der Waals surface area contributed by atoms with Gasteiger partial charge >= 0.3 is 0 Å². The normalized spacial score (nSPS) is 10.3. The highest BCUT2D eigenvalue weighted by molar-refractivity contribution is 6.32. The second-order valence-corrected chi connectivity index (χ2v) is 6.13. The lowest BCUT2D eigenvalue weighted by Gasteiger charge is -2.10. The minimum absolute atomic E-state index is 0.235. The molecule has 0 aliphatic heterocycles. The SMILES string of the molecule is CCc1ccccc1NC(=O)c1cnc(Nc2ccc(OC)c(Cl)c2)cn1. The van der Waals surface area contributed by atoms with E-state index in [4.69, 9.17) is 16.3 Å². The Morgan fingerprint density at radius 1 is 1.15 bits per heavy atom. The van der Waals surface area contributed by atoms with Gasteiger partial charge < -0.3 is 15.4 Å². The first-order valence-corrected chi connectivity index (χ1v) is 8.80. The number of benzene rings is 2. The van der Waals surface area contributed by atoms with Crippen molar-refractivity contribution in [3.8, 4) is 5.75 Å². The Kier molecular flexibility index (Phi) is 5.88. The molecule has 138 valence electrons. The van der Waals surface area contributed by atoms with Crippen molar-refractivity contribution in [3.63, 3.8) is 0 Å². The lowest BCUT2D eigenvalue weighted by molar-refractivity contribution is 0.102. The summed E-state index contributed by atoms with van der Waals surface area (Å²) in [6.45, 7) is 2.04. The van der Waals surface area contributed by atoms with Crippen LogP contribution in [0.1, 0.15) is 23.0 Å². The third-order valence-electron chi connectivity index (χ3n) is 3.96. The second-order valence-electron chi connectivity index (χ2n) is 5.73. The van der Waals surface area contributed by atoms with Crippen LogP contribution in [0.15, 0.2) is 54.9 Å². The zero-order valence-corrected chi connectivity index (χ0v) is 15.7. The van der Waals surface area contributed by atoms with Crippen molar-refractivity contribution in [3.05, 3.63) is 71.1 Å². The Bertz CT molecular complexity index is 945. The molecule has 0 aliphatic rings. The number of hydrogen-bond donors (Lipinski definition) is 2. The average molecular weight is 383 g/mol. The van der Waals surface area contributed by atoms with Crippen molar-refractivity contribution in [2.24, 2.45) is 0 Å². The molecule has 0 bridgehead atoms. The zero-order valence-electron chi connectivity index (χ0n) is 15.0. The first-order chi connectivity index (χ1) is 13.1. The van der Waals surface area contributed by atoms with Crippen molar-refractivity contribution >= 4 is 34.7 Å². The number of carbonyl (C=O) groups is 1. The van der Waals surface area contributed by atoms with Crippen LogP contribution in [0.5, 0.6) is 5.75 Å². The molecule has 27 heavy (non-hydrogen) atoms. The zero-order chi connectivity index (χ0) is 19.2. The van der Waals surface area contributed by atoms with Crippen molar-refractivity contribution in [2.75, 3.05) is 17.7 Å². The Balaban J connectivity index is 1.69. The summed E-state index contributed by atoms with van der Waals surface area (Å²) >= 11 is 6.11. The monoisotopic (exact) mass is 382 g/mol. The number of nitrogens with zero attached hydrogens (tertiary/aromatic N) is 2. The van der Waals surface area contributed by atoms with E-state index < -0.39 is 0 Å². The quantitative estimate of drug-likeness (QED) is 0.646. The number of aromatic nitrogens is 2. The van der Waals surface area contributed by atoms with E-state index in [1.807, 2.05) is 37.3 Å². The molecule has 1 amide bonds. The van der Waals surface area contributed by atoms with Crippen LogP contribution in [0.2, 0.25) is 5.02 Å². The summed E-state index contributed by atoms with van der Waals surface area (Å²) in [5.74, 6) is 0.789. The summed E-state index contributed by atoms with van der Waals surface area (Å²) in [6, 6.07) is 13.0. The van der Waals surface area contributed by atoms with Crippen LogP contribution in [0, 0.1) is 0 Å². The number of aryl methyl sites for hydroxylation is 1. The van der Waals surface area contributed by atoms with Gasteiger partial charge in [0.2, 0.25) is 0 Å². The number of para-hydroxylation sites is 1. The highest BCUT2D eigenvalue weighted by Crippen LogP contribution is 2.28. The Hall–Kier alpha value is -3.12. The standard InChI is InChI=1S/C20H19ClN4O2/c1-3-13-6-4-5-7-16(13)25-20(26)17-11-23-19(12-22-17)24-14-8-9-18(27-2)15(21)10-14/h4-12H,3H2,1-2H3,(H,23,24)(H,25,26). The molecule has 1 aromatic heterocycles. The van der Waals surface area contributed by atoms with Gasteiger partial charge in [-0.05, 0) is 36.2 Å². The number of methoxy groups -OCH3 is 1. The number of ether oxygens (including phenoxy) is 1. The minimum Gasteiger partial charge on any atom is -0.495 e. The van der Waals surface area contributed by atoms with E-state index in [2.05, 4.69) is 20.6 Å². The molecule has 2 aromatic carbocycles. The average Bonchev–Trinajstić information content (AvgIpc) is 2.69. The highest BCUT2D eigenvalue weighted by atomic mass is 35.5. The molecule has 0 saturated heterocycles. The van der Waals surface area contributed by atoms with E-state index in [-0.39, 0.29) is 11.6 Å². The number of carbonyl (C=O) groups excluding carboxylic acids is 1. The molecule has 3 aromatic rings. The van der Waals surface area contributed by atoms with Gasteiger partial charge in [-0.2, -0.15) is 0 Å². The number of rotatable bonds is 6. The third-order valence-corrected chi connectivity index (χ3v) is 4.25. The maximum Gasteiger partial charge on any atom is 0.275 e. The van der Waals surface area contributed by atoms with Crippen molar-refractivity contribution in [1.82, 2.24) is 9.97 Å². The number of hydrogen-bond acceptors (Lipinski definition) is 5. The van der Waals surface area contributed by atoms with E-state index in [1.165, 1.54) is 12.4 Å². The fraction of sp³-hybridized carbons (Fsp3) is 0.150. The summed E-state index contributed by atoms with van der Waals surface area (Å²) < 4.78 is 5.13. The summed E-state index contributed by atoms with van der Waals surface area (Å²) in [6.07, 6.45) is 3.76. The molecule has 3 rings (SSSR count). The molecule has 0 radical (unpaired) electrons. The van der Waals surface area contributed by atoms with E-state index in [0.717, 1.165) is 23.4 Å². The molecule has 2 N–H and O–H groups in total. The largest absolute Gasteiger partial charge is 0.495 e. The van der Waals surface area contributed by atoms with Gasteiger partial charge in [0.1, 0.15) is 17.3 Å². The fourth-order valence-electron chi connectivity index (χ4n) is 2.54. The van der Waals surface area contributed by atoms with Gasteiger partial charge in [0, 0.05) is 11.4 Å². The lowest BCUT2D eigenvalue weighted by Crippen LogP contribution is -2.15. The molecule has 0 aliphatic carbocycles. The van der Waals surface area contributed by atoms with E-state index in [9.17, 15) is 4.79 Å². The molecular weight excluding hydrogens is 364 g/mol. The summed E-state index contributed by atoms with van der Waals surface area (Å²) in [7, 11) is 1.56. The molecule has 0 fully saturated rings. The fourth-order valence-corrected chi connectivity index (χ4v) is 2.80. The van der Waals surface area contributed by atoms with Gasteiger partial charge in [0.05, 0.1) is 24.5 Å². The summed E-state index contributed by atoms with van der Waals surface area (Å²) in [5.41, 5.74) is 2.82. The van der Waals surface area contributed by atoms with Gasteiger partial charge in [-0.3, -0.25) is 4.79 Å². The first-order valence-electron chi connectivity index (χ1n) is 8.42. The van der Waals surface area contributed by atoms with E-state index in [1.54, 1.807) is 19.2 Å². The molecule has 6 nitrogen and oxygen atoms in total. The molecule has 0 atom stereocenters. The van der Waals surface area contributed by atoms with Gasteiger partial charge in [-0.15, -0.1) is 0 Å². The summed E-state index contributed by atoms with van der Waals surface area (Å²) in [5, 5.41) is 6.45. The van der Waals surface area contributed by atoms with Crippen molar-refractivity contribution in [1.29, 1.82) is 0 Å². The van der Waals surface area contributed by atoms with Crippen LogP contribution in [0.4, 0.5) is 17.2 Å².